The van der Waals surface area contributed by atoms with Crippen molar-refractivity contribution < 1.29 is 9.59 Å². The molecule has 0 fully saturated rings. The van der Waals surface area contributed by atoms with Crippen molar-refractivity contribution in [1.82, 2.24) is 5.32 Å². The fourth-order valence-corrected chi connectivity index (χ4v) is 0.576. The van der Waals surface area contributed by atoms with Crippen molar-refractivity contribution in [3.8, 4) is 0 Å². The van der Waals surface area contributed by atoms with E-state index >= 15 is 0 Å². The quantitative estimate of drug-likeness (QED) is 0.592. The maximum atomic E-state index is 10.5. The maximum absolute atomic E-state index is 10.5. The Morgan fingerprint density at radius 1 is 1.64 bits per heavy atom. The molecule has 0 radical (unpaired) electrons. The number of Topliss-reactive ketones (excluding diaryl/α,β-unsaturated/α-hetero) is 1. The summed E-state index contributed by atoms with van der Waals surface area (Å²) >= 11 is 0. The Labute approximate surface area is 67.2 Å². The van der Waals surface area contributed by atoms with Gasteiger partial charge >= 0.3 is 0 Å². The van der Waals surface area contributed by atoms with Gasteiger partial charge in [-0.25, -0.2) is 0 Å². The molecule has 0 aliphatic heterocycles. The molecule has 0 saturated carbocycles. The van der Waals surface area contributed by atoms with E-state index in [2.05, 4.69) is 5.32 Å². The van der Waals surface area contributed by atoms with Crippen molar-refractivity contribution in [2.45, 2.75) is 32.7 Å². The lowest BCUT2D eigenvalue weighted by molar-refractivity contribution is -0.117. The van der Waals surface area contributed by atoms with Crippen LogP contribution in [0.1, 0.15) is 27.2 Å². The summed E-state index contributed by atoms with van der Waals surface area (Å²) in [6.45, 7) is 5.45. The van der Waals surface area contributed by atoms with E-state index in [1.165, 1.54) is 6.92 Å². The lowest BCUT2D eigenvalue weighted by atomic mass is 10.0. The fraction of sp³-hybridized carbons (Fsp3) is 0.750. The number of ketones is 1. The molecule has 11 heavy (non-hydrogen) atoms. The smallest absolute Gasteiger partial charge is 0.143 e. The molecule has 64 valence electrons. The van der Waals surface area contributed by atoms with E-state index in [1.54, 1.807) is 6.92 Å². The van der Waals surface area contributed by atoms with Gasteiger partial charge in [-0.1, -0.05) is 6.92 Å². The zero-order valence-corrected chi connectivity index (χ0v) is 7.31. The van der Waals surface area contributed by atoms with Crippen molar-refractivity contribution in [3.05, 3.63) is 0 Å². The van der Waals surface area contributed by atoms with Crippen molar-refractivity contribution in [2.24, 2.45) is 0 Å². The highest BCUT2D eigenvalue weighted by atomic mass is 16.1. The van der Waals surface area contributed by atoms with Gasteiger partial charge in [0, 0.05) is 0 Å². The largest absolute Gasteiger partial charge is 0.301 e. The monoisotopic (exact) mass is 157 g/mol. The molecule has 0 rings (SSSR count). The minimum absolute atomic E-state index is 0.0477. The number of aldehydes is 1. The summed E-state index contributed by atoms with van der Waals surface area (Å²) in [5, 5.41) is 2.88. The Balaban J connectivity index is 3.87. The van der Waals surface area contributed by atoms with E-state index in [0.717, 1.165) is 6.29 Å². The van der Waals surface area contributed by atoms with Crippen molar-refractivity contribution >= 4 is 12.1 Å². The summed E-state index contributed by atoms with van der Waals surface area (Å²) in [4.78, 5) is 21.0. The summed E-state index contributed by atoms with van der Waals surface area (Å²) in [5.41, 5.74) is -0.536. The number of hydrogen-bond acceptors (Lipinski definition) is 3. The van der Waals surface area contributed by atoms with Crippen LogP contribution < -0.4 is 5.32 Å². The summed E-state index contributed by atoms with van der Waals surface area (Å²) in [6, 6.07) is 0. The van der Waals surface area contributed by atoms with Crippen LogP contribution in [0.15, 0.2) is 0 Å². The van der Waals surface area contributed by atoms with E-state index in [1.807, 2.05) is 6.92 Å². The minimum Gasteiger partial charge on any atom is -0.301 e. The standard InChI is InChI=1S/C8H15NO2/c1-4-8(3,6-10)9-5-7(2)11/h6,9H,4-5H2,1-3H3. The molecule has 0 aliphatic carbocycles. The number of carbonyl (C=O) groups excluding carboxylic acids is 2. The Hall–Kier alpha value is -0.700. The van der Waals surface area contributed by atoms with Gasteiger partial charge in [-0.05, 0) is 20.3 Å². The summed E-state index contributed by atoms with van der Waals surface area (Å²) in [7, 11) is 0. The van der Waals surface area contributed by atoms with Crippen LogP contribution in [-0.4, -0.2) is 24.2 Å². The van der Waals surface area contributed by atoms with Crippen molar-refractivity contribution in [2.75, 3.05) is 6.54 Å². The Morgan fingerprint density at radius 2 is 2.18 bits per heavy atom. The summed E-state index contributed by atoms with van der Waals surface area (Å²) in [6.07, 6.45) is 1.54. The number of rotatable bonds is 5. The van der Waals surface area contributed by atoms with E-state index in [4.69, 9.17) is 0 Å². The number of carbonyl (C=O) groups is 2. The molecule has 0 bridgehead atoms. The molecule has 1 N–H and O–H groups in total. The van der Waals surface area contributed by atoms with Gasteiger partial charge in [0.25, 0.3) is 0 Å². The third-order valence-corrected chi connectivity index (χ3v) is 1.74. The average Bonchev–Trinajstić information content (AvgIpc) is 2.00. The second-order valence-corrected chi connectivity index (χ2v) is 2.94. The molecule has 0 aromatic heterocycles. The highest BCUT2D eigenvalue weighted by Gasteiger charge is 2.19. The van der Waals surface area contributed by atoms with Crippen LogP contribution >= 0.6 is 0 Å². The van der Waals surface area contributed by atoms with Gasteiger partial charge in [0.15, 0.2) is 0 Å². The number of nitrogens with one attached hydrogen (secondary N) is 1. The molecule has 0 amide bonds. The first kappa shape index (κ1) is 10.3. The lowest BCUT2D eigenvalue weighted by Gasteiger charge is -2.21. The predicted molar refractivity (Wildman–Crippen MR) is 43.4 cm³/mol. The van der Waals surface area contributed by atoms with Crippen LogP contribution in [0.25, 0.3) is 0 Å². The molecule has 0 aromatic rings. The average molecular weight is 157 g/mol. The van der Waals surface area contributed by atoms with Gasteiger partial charge in [-0.15, -0.1) is 0 Å². The van der Waals surface area contributed by atoms with Crippen LogP contribution in [0.4, 0.5) is 0 Å². The van der Waals surface area contributed by atoms with Gasteiger partial charge < -0.3 is 4.79 Å². The number of hydrogen-bond donors (Lipinski definition) is 1. The maximum Gasteiger partial charge on any atom is 0.143 e. The van der Waals surface area contributed by atoms with Crippen LogP contribution in [0, 0.1) is 0 Å². The van der Waals surface area contributed by atoms with Crippen molar-refractivity contribution in [3.63, 3.8) is 0 Å². The fourth-order valence-electron chi connectivity index (χ4n) is 0.576. The van der Waals surface area contributed by atoms with Gasteiger partial charge in [-0.2, -0.15) is 0 Å². The molecule has 3 heteroatoms. The van der Waals surface area contributed by atoms with E-state index in [-0.39, 0.29) is 12.3 Å². The van der Waals surface area contributed by atoms with Crippen LogP contribution in [0.5, 0.6) is 0 Å². The zero-order valence-electron chi connectivity index (χ0n) is 7.31. The summed E-state index contributed by atoms with van der Waals surface area (Å²) in [5.74, 6) is 0.0477. The molecule has 0 aliphatic rings. The molecule has 3 nitrogen and oxygen atoms in total. The van der Waals surface area contributed by atoms with Gasteiger partial charge in [0.1, 0.15) is 12.1 Å². The minimum atomic E-state index is -0.536. The van der Waals surface area contributed by atoms with E-state index in [0.29, 0.717) is 6.42 Å². The van der Waals surface area contributed by atoms with Crippen LogP contribution in [-0.2, 0) is 9.59 Å². The van der Waals surface area contributed by atoms with Gasteiger partial charge in [0.05, 0.1) is 12.1 Å². The second-order valence-electron chi connectivity index (χ2n) is 2.94. The van der Waals surface area contributed by atoms with Crippen molar-refractivity contribution in [1.29, 1.82) is 0 Å². The first-order valence-electron chi connectivity index (χ1n) is 3.75. The Bertz CT molecular complexity index is 156. The second kappa shape index (κ2) is 4.23. The molecule has 1 atom stereocenters. The Morgan fingerprint density at radius 3 is 2.45 bits per heavy atom. The Kier molecular flexibility index (Phi) is 3.97. The molecule has 0 heterocycles. The SMILES string of the molecule is CCC(C)(C=O)NCC(C)=O. The molecular weight excluding hydrogens is 142 g/mol. The van der Waals surface area contributed by atoms with Gasteiger partial charge in [-0.3, -0.25) is 10.1 Å². The lowest BCUT2D eigenvalue weighted by Crippen LogP contribution is -2.45. The normalized spacial score (nSPS) is 15.5. The molecule has 0 aromatic carbocycles. The topological polar surface area (TPSA) is 46.2 Å². The molecule has 0 saturated heterocycles. The first-order valence-corrected chi connectivity index (χ1v) is 3.75. The third kappa shape index (κ3) is 3.88. The van der Waals surface area contributed by atoms with Gasteiger partial charge in [0.2, 0.25) is 0 Å². The highest BCUT2D eigenvalue weighted by Crippen LogP contribution is 2.03. The molecular formula is C8H15NO2. The van der Waals surface area contributed by atoms with Crippen LogP contribution in [0.3, 0.4) is 0 Å². The predicted octanol–water partition coefficient (Wildman–Crippen LogP) is 0.533. The zero-order chi connectivity index (χ0) is 8.91. The first-order chi connectivity index (χ1) is 5.04. The molecule has 1 unspecified atom stereocenters. The van der Waals surface area contributed by atoms with Crippen LogP contribution in [0.2, 0.25) is 0 Å². The third-order valence-electron chi connectivity index (χ3n) is 1.74. The highest BCUT2D eigenvalue weighted by molar-refractivity contribution is 5.78. The molecule has 0 spiro atoms. The summed E-state index contributed by atoms with van der Waals surface area (Å²) < 4.78 is 0. The van der Waals surface area contributed by atoms with E-state index < -0.39 is 5.54 Å². The van der Waals surface area contributed by atoms with E-state index in [9.17, 15) is 9.59 Å².